The van der Waals surface area contributed by atoms with E-state index >= 15 is 0 Å². The van der Waals surface area contributed by atoms with Crippen LogP contribution in [0, 0.1) is 6.92 Å². The molecule has 0 fully saturated rings. The van der Waals surface area contributed by atoms with Gasteiger partial charge in [-0.15, -0.1) is 0 Å². The van der Waals surface area contributed by atoms with Gasteiger partial charge in [0.2, 0.25) is 5.76 Å². The maximum atomic E-state index is 13.5. The molecule has 34 heavy (non-hydrogen) atoms. The molecule has 0 unspecified atom stereocenters. The van der Waals surface area contributed by atoms with E-state index < -0.39 is 22.0 Å². The summed E-state index contributed by atoms with van der Waals surface area (Å²) >= 11 is 0. The number of carbonyl (C=O) groups excluding carboxylic acids is 2. The SMILES string of the molecule is COC(=O)c1oc(C(=O)OC)c(-c2cn(S(=O)(=O)c3ccc(C)cc3)c3ccccc23)c1OC. The van der Waals surface area contributed by atoms with Crippen molar-refractivity contribution in [2.24, 2.45) is 0 Å². The highest BCUT2D eigenvalue weighted by atomic mass is 32.2. The van der Waals surface area contributed by atoms with Crippen molar-refractivity contribution in [3.05, 3.63) is 71.8 Å². The number of hydrogen-bond donors (Lipinski definition) is 0. The van der Waals surface area contributed by atoms with Crippen LogP contribution in [0.2, 0.25) is 0 Å². The normalized spacial score (nSPS) is 11.4. The zero-order chi connectivity index (χ0) is 24.6. The Bertz CT molecular complexity index is 1510. The molecule has 0 N–H and O–H groups in total. The molecule has 2 aromatic heterocycles. The van der Waals surface area contributed by atoms with E-state index in [-0.39, 0.29) is 27.7 Å². The third-order valence-corrected chi connectivity index (χ3v) is 7.02. The predicted molar refractivity (Wildman–Crippen MR) is 123 cm³/mol. The van der Waals surface area contributed by atoms with Crippen LogP contribution in [0.5, 0.6) is 5.75 Å². The lowest BCUT2D eigenvalue weighted by Gasteiger charge is -2.07. The molecule has 0 radical (unpaired) electrons. The Balaban J connectivity index is 2.06. The highest BCUT2D eigenvalue weighted by Crippen LogP contribution is 2.44. The van der Waals surface area contributed by atoms with Gasteiger partial charge in [-0.25, -0.2) is 22.0 Å². The first-order chi connectivity index (χ1) is 16.2. The van der Waals surface area contributed by atoms with Crippen molar-refractivity contribution in [3.8, 4) is 16.9 Å². The van der Waals surface area contributed by atoms with Gasteiger partial charge < -0.3 is 18.6 Å². The molecule has 2 heterocycles. The largest absolute Gasteiger partial charge is 0.492 e. The molecule has 4 aromatic rings. The minimum atomic E-state index is -4.00. The quantitative estimate of drug-likeness (QED) is 0.378. The maximum absolute atomic E-state index is 13.5. The summed E-state index contributed by atoms with van der Waals surface area (Å²) in [6, 6.07) is 13.2. The second-order valence-electron chi connectivity index (χ2n) is 7.33. The average molecular weight is 483 g/mol. The molecule has 10 heteroatoms. The number of para-hydroxylation sites is 1. The molecule has 0 spiro atoms. The van der Waals surface area contributed by atoms with Gasteiger partial charge in [0.05, 0.1) is 37.3 Å². The standard InChI is InChI=1S/C24H21NO8S/c1-14-9-11-15(12-10-14)34(28,29)25-13-17(16-7-5-6-8-18(16)25)19-20(30-2)22(24(27)32-4)33-21(19)23(26)31-3/h5-13H,1-4H3. The van der Waals surface area contributed by atoms with Gasteiger partial charge in [-0.3, -0.25) is 0 Å². The molecule has 0 aliphatic heterocycles. The molecule has 0 amide bonds. The second-order valence-corrected chi connectivity index (χ2v) is 9.14. The van der Waals surface area contributed by atoms with Crippen LogP contribution in [0.1, 0.15) is 26.7 Å². The van der Waals surface area contributed by atoms with E-state index in [1.54, 1.807) is 36.4 Å². The summed E-state index contributed by atoms with van der Waals surface area (Å²) < 4.78 is 48.7. The summed E-state index contributed by atoms with van der Waals surface area (Å²) in [4.78, 5) is 24.9. The van der Waals surface area contributed by atoms with Gasteiger partial charge in [0, 0.05) is 17.1 Å². The number of aryl methyl sites for hydroxylation is 1. The Morgan fingerprint density at radius 1 is 0.882 bits per heavy atom. The smallest absolute Gasteiger partial charge is 0.377 e. The number of methoxy groups -OCH3 is 3. The molecule has 4 rings (SSSR count). The summed E-state index contributed by atoms with van der Waals surface area (Å²) in [5, 5.41) is 0.485. The van der Waals surface area contributed by atoms with Gasteiger partial charge in [-0.2, -0.15) is 0 Å². The first kappa shape index (κ1) is 23.1. The maximum Gasteiger partial charge on any atom is 0.377 e. The van der Waals surface area contributed by atoms with Crippen LogP contribution < -0.4 is 4.74 Å². The van der Waals surface area contributed by atoms with Crippen molar-refractivity contribution in [2.45, 2.75) is 11.8 Å². The number of nitrogens with zero attached hydrogens (tertiary/aromatic N) is 1. The first-order valence-electron chi connectivity index (χ1n) is 10.0. The van der Waals surface area contributed by atoms with Gasteiger partial charge in [0.25, 0.3) is 15.8 Å². The van der Waals surface area contributed by atoms with E-state index in [1.165, 1.54) is 25.4 Å². The van der Waals surface area contributed by atoms with Crippen molar-refractivity contribution >= 4 is 32.9 Å². The van der Waals surface area contributed by atoms with Crippen LogP contribution in [0.25, 0.3) is 22.0 Å². The Hall–Kier alpha value is -4.05. The van der Waals surface area contributed by atoms with E-state index in [9.17, 15) is 18.0 Å². The van der Waals surface area contributed by atoms with E-state index in [2.05, 4.69) is 0 Å². The summed E-state index contributed by atoms with van der Waals surface area (Å²) in [7, 11) is -0.397. The molecule has 0 aliphatic carbocycles. The van der Waals surface area contributed by atoms with Gasteiger partial charge in [-0.1, -0.05) is 35.9 Å². The van der Waals surface area contributed by atoms with Crippen LogP contribution in [0.15, 0.2) is 64.0 Å². The Labute approximate surface area is 195 Å². The van der Waals surface area contributed by atoms with Crippen LogP contribution in [0.4, 0.5) is 0 Å². The fraction of sp³-hybridized carbons (Fsp3) is 0.167. The zero-order valence-electron chi connectivity index (χ0n) is 18.8. The first-order valence-corrected chi connectivity index (χ1v) is 11.5. The lowest BCUT2D eigenvalue weighted by atomic mass is 10.0. The predicted octanol–water partition coefficient (Wildman–Crippen LogP) is 4.03. The third kappa shape index (κ3) is 3.61. The number of esters is 2. The van der Waals surface area contributed by atoms with Crippen molar-refractivity contribution in [1.29, 1.82) is 0 Å². The molecule has 0 atom stereocenters. The molecule has 9 nitrogen and oxygen atoms in total. The van der Waals surface area contributed by atoms with Crippen molar-refractivity contribution in [3.63, 3.8) is 0 Å². The Morgan fingerprint density at radius 2 is 1.50 bits per heavy atom. The topological polar surface area (TPSA) is 114 Å². The highest BCUT2D eigenvalue weighted by molar-refractivity contribution is 7.90. The van der Waals surface area contributed by atoms with Crippen LogP contribution in [-0.2, 0) is 19.5 Å². The van der Waals surface area contributed by atoms with Crippen molar-refractivity contribution in [1.82, 2.24) is 3.97 Å². The lowest BCUT2D eigenvalue weighted by molar-refractivity contribution is 0.0529. The number of rotatable bonds is 6. The molecular formula is C24H21NO8S. The molecule has 0 saturated heterocycles. The van der Waals surface area contributed by atoms with Crippen molar-refractivity contribution in [2.75, 3.05) is 21.3 Å². The minimum absolute atomic E-state index is 0.0730. The average Bonchev–Trinajstić information content (AvgIpc) is 3.42. The highest BCUT2D eigenvalue weighted by Gasteiger charge is 2.34. The van der Waals surface area contributed by atoms with E-state index in [4.69, 9.17) is 18.6 Å². The number of benzene rings is 2. The summed E-state index contributed by atoms with van der Waals surface area (Å²) in [6.07, 6.45) is 1.36. The molecule has 0 saturated carbocycles. The van der Waals surface area contributed by atoms with Gasteiger partial charge >= 0.3 is 11.9 Å². The fourth-order valence-corrected chi connectivity index (χ4v) is 5.06. The van der Waals surface area contributed by atoms with Crippen LogP contribution >= 0.6 is 0 Å². The third-order valence-electron chi connectivity index (χ3n) is 5.34. The minimum Gasteiger partial charge on any atom is -0.492 e. The van der Waals surface area contributed by atoms with Gasteiger partial charge in [0.1, 0.15) is 0 Å². The number of fused-ring (bicyclic) bond motifs is 1. The molecular weight excluding hydrogens is 462 g/mol. The number of ether oxygens (including phenoxy) is 3. The molecule has 0 aliphatic rings. The lowest BCUT2D eigenvalue weighted by Crippen LogP contribution is -2.11. The van der Waals surface area contributed by atoms with Crippen LogP contribution in [-0.4, -0.2) is 45.7 Å². The van der Waals surface area contributed by atoms with Crippen molar-refractivity contribution < 1.29 is 36.6 Å². The van der Waals surface area contributed by atoms with E-state index in [1.807, 2.05) is 6.92 Å². The number of carbonyl (C=O) groups is 2. The summed E-state index contributed by atoms with van der Waals surface area (Å²) in [6.45, 7) is 1.86. The Morgan fingerprint density at radius 3 is 2.12 bits per heavy atom. The van der Waals surface area contributed by atoms with Crippen LogP contribution in [0.3, 0.4) is 0 Å². The van der Waals surface area contributed by atoms with Gasteiger partial charge in [-0.05, 0) is 25.1 Å². The summed E-state index contributed by atoms with van der Waals surface area (Å²) in [5.74, 6) is -2.50. The van der Waals surface area contributed by atoms with E-state index in [0.29, 0.717) is 16.5 Å². The monoisotopic (exact) mass is 483 g/mol. The summed E-state index contributed by atoms with van der Waals surface area (Å²) in [5.41, 5.74) is 1.64. The molecule has 0 bridgehead atoms. The molecule has 176 valence electrons. The zero-order valence-corrected chi connectivity index (χ0v) is 19.6. The Kier molecular flexibility index (Phi) is 5.92. The number of aromatic nitrogens is 1. The molecule has 2 aromatic carbocycles. The second kappa shape index (κ2) is 8.71. The van der Waals surface area contributed by atoms with Gasteiger partial charge in [0.15, 0.2) is 5.75 Å². The van der Waals surface area contributed by atoms with E-state index in [0.717, 1.165) is 23.8 Å². The number of furan rings is 1. The number of hydrogen-bond acceptors (Lipinski definition) is 8. The fourth-order valence-electron chi connectivity index (χ4n) is 3.69.